The SMILES string of the molecule is CC(OC(=O)c1ccccc1SCC(=O)Nc1ccc(F)cc1)C(=O)NC(=O)Nc1ccccc1. The minimum Gasteiger partial charge on any atom is -0.449 e. The summed E-state index contributed by atoms with van der Waals surface area (Å²) < 4.78 is 18.2. The van der Waals surface area contributed by atoms with Gasteiger partial charge in [0, 0.05) is 16.3 Å². The van der Waals surface area contributed by atoms with Crippen LogP contribution in [0.5, 0.6) is 0 Å². The van der Waals surface area contributed by atoms with Crippen LogP contribution < -0.4 is 16.0 Å². The molecular weight excluding hydrogens is 473 g/mol. The van der Waals surface area contributed by atoms with Crippen LogP contribution in [-0.2, 0) is 14.3 Å². The van der Waals surface area contributed by atoms with Gasteiger partial charge < -0.3 is 15.4 Å². The summed E-state index contributed by atoms with van der Waals surface area (Å²) in [5, 5.41) is 7.25. The van der Waals surface area contributed by atoms with Crippen molar-refractivity contribution < 1.29 is 28.3 Å². The Balaban J connectivity index is 1.53. The van der Waals surface area contributed by atoms with E-state index < -0.39 is 29.8 Å². The summed E-state index contributed by atoms with van der Waals surface area (Å²) in [5.41, 5.74) is 1.11. The molecule has 0 aromatic heterocycles. The van der Waals surface area contributed by atoms with E-state index in [2.05, 4.69) is 16.0 Å². The average Bonchev–Trinajstić information content (AvgIpc) is 2.84. The van der Waals surface area contributed by atoms with Gasteiger partial charge in [-0.1, -0.05) is 30.3 Å². The molecule has 1 atom stereocenters. The quantitative estimate of drug-likeness (QED) is 0.314. The predicted octanol–water partition coefficient (Wildman–Crippen LogP) is 4.45. The Labute approximate surface area is 205 Å². The lowest BCUT2D eigenvalue weighted by molar-refractivity contribution is -0.127. The number of esters is 1. The van der Waals surface area contributed by atoms with Crippen LogP contribution in [-0.4, -0.2) is 35.7 Å². The van der Waals surface area contributed by atoms with Gasteiger partial charge in [-0.05, 0) is 55.5 Å². The number of rotatable bonds is 8. The predicted molar refractivity (Wildman–Crippen MR) is 131 cm³/mol. The molecule has 3 aromatic rings. The van der Waals surface area contributed by atoms with Gasteiger partial charge in [0.2, 0.25) is 5.91 Å². The fourth-order valence-electron chi connectivity index (χ4n) is 2.81. The van der Waals surface area contributed by atoms with Gasteiger partial charge in [0.25, 0.3) is 5.91 Å². The highest BCUT2D eigenvalue weighted by Crippen LogP contribution is 2.24. The van der Waals surface area contributed by atoms with Crippen molar-refractivity contribution in [2.45, 2.75) is 17.9 Å². The second-order valence-corrected chi connectivity index (χ2v) is 8.21. The third-order valence-electron chi connectivity index (χ3n) is 4.52. The number of hydrogen-bond acceptors (Lipinski definition) is 6. The van der Waals surface area contributed by atoms with Gasteiger partial charge in [0.05, 0.1) is 11.3 Å². The lowest BCUT2D eigenvalue weighted by Crippen LogP contribution is -2.41. The Morgan fingerprint density at radius 3 is 2.20 bits per heavy atom. The zero-order valence-corrected chi connectivity index (χ0v) is 19.4. The molecule has 1 unspecified atom stereocenters. The molecule has 0 radical (unpaired) electrons. The molecule has 0 spiro atoms. The minimum absolute atomic E-state index is 0.0165. The van der Waals surface area contributed by atoms with Crippen molar-refractivity contribution in [2.24, 2.45) is 0 Å². The molecular formula is C25H22FN3O5S. The summed E-state index contributed by atoms with van der Waals surface area (Å²) in [4.78, 5) is 49.6. The lowest BCUT2D eigenvalue weighted by Gasteiger charge is -2.15. The lowest BCUT2D eigenvalue weighted by atomic mass is 10.2. The Morgan fingerprint density at radius 1 is 0.857 bits per heavy atom. The van der Waals surface area contributed by atoms with Crippen LogP contribution in [0, 0.1) is 5.82 Å². The maximum absolute atomic E-state index is 13.0. The first kappa shape index (κ1) is 25.4. The van der Waals surface area contributed by atoms with Crippen LogP contribution in [0.25, 0.3) is 0 Å². The molecule has 180 valence electrons. The molecule has 3 aromatic carbocycles. The molecule has 4 amide bonds. The molecule has 0 fully saturated rings. The van der Waals surface area contributed by atoms with E-state index in [1.54, 1.807) is 48.5 Å². The number of para-hydroxylation sites is 1. The molecule has 0 saturated heterocycles. The van der Waals surface area contributed by atoms with Crippen LogP contribution in [0.15, 0.2) is 83.8 Å². The third kappa shape index (κ3) is 7.97. The normalized spacial score (nSPS) is 11.1. The molecule has 8 nitrogen and oxygen atoms in total. The zero-order chi connectivity index (χ0) is 25.2. The highest BCUT2D eigenvalue weighted by molar-refractivity contribution is 8.00. The van der Waals surface area contributed by atoms with Gasteiger partial charge >= 0.3 is 12.0 Å². The molecule has 35 heavy (non-hydrogen) atoms. The number of urea groups is 1. The van der Waals surface area contributed by atoms with Crippen molar-refractivity contribution in [3.8, 4) is 0 Å². The van der Waals surface area contributed by atoms with Crippen LogP contribution >= 0.6 is 11.8 Å². The summed E-state index contributed by atoms with van der Waals surface area (Å²) >= 11 is 1.10. The zero-order valence-electron chi connectivity index (χ0n) is 18.6. The number of carbonyl (C=O) groups excluding carboxylic acids is 4. The highest BCUT2D eigenvalue weighted by atomic mass is 32.2. The summed E-state index contributed by atoms with van der Waals surface area (Å²) in [6.07, 6.45) is -1.25. The fraction of sp³-hybridized carbons (Fsp3) is 0.120. The van der Waals surface area contributed by atoms with Gasteiger partial charge in [-0.3, -0.25) is 14.9 Å². The van der Waals surface area contributed by atoms with Crippen LogP contribution in [0.2, 0.25) is 0 Å². The van der Waals surface area contributed by atoms with E-state index in [9.17, 15) is 23.6 Å². The van der Waals surface area contributed by atoms with E-state index in [0.29, 0.717) is 16.3 Å². The molecule has 0 aliphatic carbocycles. The Morgan fingerprint density at radius 2 is 1.49 bits per heavy atom. The second-order valence-electron chi connectivity index (χ2n) is 7.20. The molecule has 0 heterocycles. The van der Waals surface area contributed by atoms with E-state index >= 15 is 0 Å². The van der Waals surface area contributed by atoms with Crippen molar-refractivity contribution in [2.75, 3.05) is 16.4 Å². The van der Waals surface area contributed by atoms with Gasteiger partial charge in [0.15, 0.2) is 6.10 Å². The molecule has 0 aliphatic rings. The number of imide groups is 1. The van der Waals surface area contributed by atoms with Crippen molar-refractivity contribution in [3.63, 3.8) is 0 Å². The van der Waals surface area contributed by atoms with Crippen molar-refractivity contribution >= 4 is 47.0 Å². The highest BCUT2D eigenvalue weighted by Gasteiger charge is 2.22. The van der Waals surface area contributed by atoms with Crippen LogP contribution in [0.3, 0.4) is 0 Å². The van der Waals surface area contributed by atoms with Crippen molar-refractivity contribution in [1.82, 2.24) is 5.32 Å². The minimum atomic E-state index is -1.25. The fourth-order valence-corrected chi connectivity index (χ4v) is 3.65. The first-order chi connectivity index (χ1) is 16.8. The van der Waals surface area contributed by atoms with Crippen LogP contribution in [0.4, 0.5) is 20.6 Å². The summed E-state index contributed by atoms with van der Waals surface area (Å²) in [6, 6.07) is 19.6. The molecule has 3 rings (SSSR count). The molecule has 3 N–H and O–H groups in total. The molecule has 0 aliphatic heterocycles. The smallest absolute Gasteiger partial charge is 0.340 e. The first-order valence-electron chi connectivity index (χ1n) is 10.5. The Kier molecular flexibility index (Phi) is 8.96. The van der Waals surface area contributed by atoms with Gasteiger partial charge in [-0.25, -0.2) is 14.0 Å². The third-order valence-corrected chi connectivity index (χ3v) is 5.59. The van der Waals surface area contributed by atoms with Crippen LogP contribution in [0.1, 0.15) is 17.3 Å². The number of thioether (sulfide) groups is 1. The maximum Gasteiger partial charge on any atom is 0.340 e. The van der Waals surface area contributed by atoms with Crippen molar-refractivity contribution in [3.05, 3.63) is 90.2 Å². The van der Waals surface area contributed by atoms with Gasteiger partial charge in [-0.2, -0.15) is 0 Å². The number of halogens is 1. The van der Waals surface area contributed by atoms with E-state index in [0.717, 1.165) is 11.8 Å². The number of carbonyl (C=O) groups is 4. The van der Waals surface area contributed by atoms with E-state index in [1.807, 2.05) is 0 Å². The number of hydrogen-bond donors (Lipinski definition) is 3. The molecule has 10 heteroatoms. The monoisotopic (exact) mass is 495 g/mol. The van der Waals surface area contributed by atoms with Gasteiger partial charge in [-0.15, -0.1) is 11.8 Å². The number of benzene rings is 3. The van der Waals surface area contributed by atoms with Crippen molar-refractivity contribution in [1.29, 1.82) is 0 Å². The summed E-state index contributed by atoms with van der Waals surface area (Å²) in [7, 11) is 0. The van der Waals surface area contributed by atoms with Gasteiger partial charge in [0.1, 0.15) is 5.82 Å². The van der Waals surface area contributed by atoms with E-state index in [1.165, 1.54) is 37.3 Å². The second kappa shape index (κ2) is 12.3. The Hall–Kier alpha value is -4.18. The maximum atomic E-state index is 13.0. The largest absolute Gasteiger partial charge is 0.449 e. The first-order valence-corrected chi connectivity index (χ1v) is 11.5. The topological polar surface area (TPSA) is 114 Å². The van der Waals surface area contributed by atoms with E-state index in [-0.39, 0.29) is 17.2 Å². The Bertz CT molecular complexity index is 1210. The number of ether oxygens (including phenoxy) is 1. The number of nitrogens with one attached hydrogen (secondary N) is 3. The number of anilines is 2. The standard InChI is InChI=1S/C25H22FN3O5S/c1-16(23(31)29-25(33)28-18-7-3-2-4-8-18)34-24(32)20-9-5-6-10-21(20)35-15-22(30)27-19-13-11-17(26)12-14-19/h2-14,16H,15H2,1H3,(H,27,30)(H2,28,29,31,33). The summed E-state index contributed by atoms with van der Waals surface area (Å²) in [6.45, 7) is 1.34. The molecule has 0 bridgehead atoms. The van der Waals surface area contributed by atoms with E-state index in [4.69, 9.17) is 4.74 Å². The summed E-state index contributed by atoms with van der Waals surface area (Å²) in [5.74, 6) is -2.35. The molecule has 0 saturated carbocycles. The average molecular weight is 496 g/mol. The number of amides is 4.